The van der Waals surface area contributed by atoms with Gasteiger partial charge in [-0.05, 0) is 47.5 Å². The van der Waals surface area contributed by atoms with E-state index >= 15 is 0 Å². The lowest BCUT2D eigenvalue weighted by molar-refractivity contribution is -0.198. The molecule has 0 aliphatic heterocycles. The predicted molar refractivity (Wildman–Crippen MR) is 117 cm³/mol. The minimum Gasteiger partial charge on any atom is -0.489 e. The Bertz CT molecular complexity index is 1250. The molecule has 1 atom stereocenters. The summed E-state index contributed by atoms with van der Waals surface area (Å²) in [6.45, 7) is -1.43. The summed E-state index contributed by atoms with van der Waals surface area (Å²) >= 11 is 0. The van der Waals surface area contributed by atoms with Gasteiger partial charge in [-0.2, -0.15) is 39.5 Å². The van der Waals surface area contributed by atoms with Crippen LogP contribution in [0.1, 0.15) is 27.8 Å². The Morgan fingerprint density at radius 3 is 2.03 bits per heavy atom. The van der Waals surface area contributed by atoms with Crippen LogP contribution in [0.15, 0.2) is 60.7 Å². The van der Waals surface area contributed by atoms with Gasteiger partial charge in [-0.3, -0.25) is 0 Å². The molecule has 0 bridgehead atoms. The molecule has 13 heteroatoms. The molecule has 0 radical (unpaired) electrons. The first kappa shape index (κ1) is 29.1. The summed E-state index contributed by atoms with van der Waals surface area (Å²) in [6.07, 6.45) is -17.6. The number of benzene rings is 3. The number of hydrogen-bond acceptors (Lipinski definition) is 3. The first-order valence-electron chi connectivity index (χ1n) is 10.8. The summed E-state index contributed by atoms with van der Waals surface area (Å²) < 4.78 is 136. The van der Waals surface area contributed by atoms with Crippen LogP contribution < -0.4 is 10.1 Å². The van der Waals surface area contributed by atoms with Crippen molar-refractivity contribution in [3.05, 3.63) is 94.3 Å². The summed E-state index contributed by atoms with van der Waals surface area (Å²) in [5.41, 5.74) is -2.41. The van der Waals surface area contributed by atoms with Gasteiger partial charge in [0.25, 0.3) is 0 Å². The Balaban J connectivity index is 1.94. The van der Waals surface area contributed by atoms with E-state index in [1.54, 1.807) is 0 Å². The number of aliphatic hydroxyl groups excluding tert-OH is 1. The van der Waals surface area contributed by atoms with Gasteiger partial charge in [0, 0.05) is 24.2 Å². The molecule has 0 aliphatic carbocycles. The average Bonchev–Trinajstić information content (AvgIpc) is 2.81. The van der Waals surface area contributed by atoms with Crippen molar-refractivity contribution in [2.24, 2.45) is 0 Å². The van der Waals surface area contributed by atoms with Crippen molar-refractivity contribution in [1.82, 2.24) is 0 Å². The maximum absolute atomic E-state index is 14.6. The molecule has 3 nitrogen and oxygen atoms in total. The Morgan fingerprint density at radius 2 is 1.42 bits per heavy atom. The van der Waals surface area contributed by atoms with Crippen LogP contribution >= 0.6 is 0 Å². The van der Waals surface area contributed by atoms with Crippen LogP contribution in [0, 0.1) is 5.82 Å². The minimum absolute atomic E-state index is 0.00695. The SMILES string of the molecule is OC(CNc1cccc(OCc2cccc(C(F)(F)F)c2)c1Cc1ccc(C(F)(F)F)cc1F)C(F)(F)F. The number of alkyl halides is 9. The van der Waals surface area contributed by atoms with Crippen LogP contribution in [0.4, 0.5) is 49.6 Å². The van der Waals surface area contributed by atoms with Crippen LogP contribution in [0.5, 0.6) is 5.75 Å². The molecule has 1 unspecified atom stereocenters. The molecule has 0 aliphatic rings. The molecule has 3 aromatic rings. The number of ether oxygens (including phenoxy) is 1. The highest BCUT2D eigenvalue weighted by atomic mass is 19.4. The summed E-state index contributed by atoms with van der Waals surface area (Å²) in [5.74, 6) is -1.32. The zero-order valence-electron chi connectivity index (χ0n) is 19.1. The third kappa shape index (κ3) is 7.53. The predicted octanol–water partition coefficient (Wildman–Crippen LogP) is 7.37. The fourth-order valence-corrected chi connectivity index (χ4v) is 3.43. The summed E-state index contributed by atoms with van der Waals surface area (Å²) in [7, 11) is 0. The van der Waals surface area contributed by atoms with Crippen molar-refractivity contribution >= 4 is 5.69 Å². The van der Waals surface area contributed by atoms with Gasteiger partial charge in [0.15, 0.2) is 6.10 Å². The number of halogens is 10. The topological polar surface area (TPSA) is 41.5 Å². The van der Waals surface area contributed by atoms with E-state index < -0.39 is 61.1 Å². The minimum atomic E-state index is -4.95. The monoisotopic (exact) mass is 555 g/mol. The van der Waals surface area contributed by atoms with E-state index in [-0.39, 0.29) is 34.2 Å². The van der Waals surface area contributed by atoms with Crippen LogP contribution in [-0.2, 0) is 25.4 Å². The zero-order chi connectivity index (χ0) is 28.3. The molecular weight excluding hydrogens is 536 g/mol. The fourth-order valence-electron chi connectivity index (χ4n) is 3.43. The maximum atomic E-state index is 14.6. The van der Waals surface area contributed by atoms with Crippen LogP contribution in [0.3, 0.4) is 0 Å². The molecule has 206 valence electrons. The standard InChI is InChI=1S/C25H19F10NO2/c26-19-11-17(24(30,31)32)8-7-15(19)10-18-20(36-12-22(37)25(33,34)35)5-2-6-21(18)38-13-14-3-1-4-16(9-14)23(27,28)29/h1-9,11,22,36-37H,10,12-13H2. The fraction of sp³-hybridized carbons (Fsp3) is 0.280. The Kier molecular flexibility index (Phi) is 8.49. The first-order valence-corrected chi connectivity index (χ1v) is 10.8. The third-order valence-electron chi connectivity index (χ3n) is 5.39. The Hall–Kier alpha value is -3.48. The van der Waals surface area contributed by atoms with Crippen LogP contribution in [-0.4, -0.2) is 23.9 Å². The first-order chi connectivity index (χ1) is 17.6. The van der Waals surface area contributed by atoms with Crippen molar-refractivity contribution < 1.29 is 53.7 Å². The van der Waals surface area contributed by atoms with E-state index in [4.69, 9.17) is 4.74 Å². The normalized spacial score (nSPS) is 13.3. The highest BCUT2D eigenvalue weighted by molar-refractivity contribution is 5.59. The largest absolute Gasteiger partial charge is 0.489 e. The number of nitrogens with one attached hydrogen (secondary N) is 1. The third-order valence-corrected chi connectivity index (χ3v) is 5.39. The van der Waals surface area contributed by atoms with Gasteiger partial charge in [0.2, 0.25) is 0 Å². The van der Waals surface area contributed by atoms with Crippen LogP contribution in [0.25, 0.3) is 0 Å². The molecule has 38 heavy (non-hydrogen) atoms. The molecule has 0 saturated heterocycles. The Morgan fingerprint density at radius 1 is 0.789 bits per heavy atom. The second-order valence-corrected chi connectivity index (χ2v) is 8.19. The highest BCUT2D eigenvalue weighted by Gasteiger charge is 2.38. The highest BCUT2D eigenvalue weighted by Crippen LogP contribution is 2.35. The quantitative estimate of drug-likeness (QED) is 0.285. The van der Waals surface area contributed by atoms with E-state index in [0.29, 0.717) is 6.07 Å². The second-order valence-electron chi connectivity index (χ2n) is 8.19. The van der Waals surface area contributed by atoms with Crippen molar-refractivity contribution in [2.75, 3.05) is 11.9 Å². The van der Waals surface area contributed by atoms with Crippen molar-refractivity contribution in [1.29, 1.82) is 0 Å². The lowest BCUT2D eigenvalue weighted by Gasteiger charge is -2.20. The van der Waals surface area contributed by atoms with Crippen molar-refractivity contribution in [3.8, 4) is 5.75 Å². The zero-order valence-corrected chi connectivity index (χ0v) is 19.1. The van der Waals surface area contributed by atoms with E-state index in [2.05, 4.69) is 5.32 Å². The van der Waals surface area contributed by atoms with Gasteiger partial charge >= 0.3 is 18.5 Å². The van der Waals surface area contributed by atoms with Gasteiger partial charge in [-0.1, -0.05) is 24.3 Å². The van der Waals surface area contributed by atoms with E-state index in [1.807, 2.05) is 0 Å². The molecule has 2 N–H and O–H groups in total. The van der Waals surface area contributed by atoms with Crippen molar-refractivity contribution in [2.45, 2.75) is 37.7 Å². The molecule has 0 spiro atoms. The summed E-state index contributed by atoms with van der Waals surface area (Å²) in [4.78, 5) is 0. The van der Waals surface area contributed by atoms with Gasteiger partial charge in [0.1, 0.15) is 18.2 Å². The van der Waals surface area contributed by atoms with Gasteiger partial charge in [-0.15, -0.1) is 0 Å². The number of rotatable bonds is 8. The molecule has 3 aromatic carbocycles. The average molecular weight is 555 g/mol. The summed E-state index contributed by atoms with van der Waals surface area (Å²) in [6, 6.07) is 9.84. The molecule has 0 saturated carbocycles. The number of hydrogen-bond donors (Lipinski definition) is 2. The smallest absolute Gasteiger partial charge is 0.416 e. The van der Waals surface area contributed by atoms with Gasteiger partial charge in [0.05, 0.1) is 11.1 Å². The lowest BCUT2D eigenvalue weighted by atomic mass is 10.00. The number of aliphatic hydroxyl groups is 1. The van der Waals surface area contributed by atoms with Gasteiger partial charge < -0.3 is 15.2 Å². The van der Waals surface area contributed by atoms with Crippen LogP contribution in [0.2, 0.25) is 0 Å². The molecule has 0 amide bonds. The molecule has 0 fully saturated rings. The molecular formula is C25H19F10NO2. The second kappa shape index (κ2) is 11.1. The Labute approximate surface area is 209 Å². The summed E-state index contributed by atoms with van der Waals surface area (Å²) in [5, 5.41) is 11.7. The molecule has 0 aromatic heterocycles. The van der Waals surface area contributed by atoms with E-state index in [9.17, 15) is 49.0 Å². The van der Waals surface area contributed by atoms with E-state index in [0.717, 1.165) is 24.3 Å². The molecule has 0 heterocycles. The lowest BCUT2D eigenvalue weighted by Crippen LogP contribution is -2.35. The number of anilines is 1. The van der Waals surface area contributed by atoms with Gasteiger partial charge in [-0.25, -0.2) is 4.39 Å². The van der Waals surface area contributed by atoms with Crippen molar-refractivity contribution in [3.63, 3.8) is 0 Å². The molecule has 3 rings (SSSR count). The maximum Gasteiger partial charge on any atom is 0.416 e. The van der Waals surface area contributed by atoms with E-state index in [1.165, 1.54) is 24.3 Å².